The number of thioether (sulfide) groups is 1. The number of carbonyl (C=O) groups excluding carboxylic acids is 3. The summed E-state index contributed by atoms with van der Waals surface area (Å²) in [5.74, 6) is -4.09. The number of hydrogen-bond donors (Lipinski definition) is 1. The van der Waals surface area contributed by atoms with Crippen LogP contribution in [0.2, 0.25) is 5.02 Å². The Hall–Kier alpha value is -3.80. The molecule has 202 valence electrons. The van der Waals surface area contributed by atoms with Gasteiger partial charge in [-0.3, -0.25) is 23.7 Å². The van der Waals surface area contributed by atoms with Gasteiger partial charge in [0.15, 0.2) is 0 Å². The van der Waals surface area contributed by atoms with Crippen LogP contribution in [0.15, 0.2) is 82.6 Å². The van der Waals surface area contributed by atoms with Gasteiger partial charge in [-0.05, 0) is 66.2 Å². The summed E-state index contributed by atoms with van der Waals surface area (Å²) < 4.78 is 28.7. The number of nitrogens with one attached hydrogen (secondary N) is 1. The third kappa shape index (κ3) is 4.63. The van der Waals surface area contributed by atoms with Crippen molar-refractivity contribution in [2.75, 3.05) is 10.2 Å². The summed E-state index contributed by atoms with van der Waals surface area (Å²) >= 11 is 7.85. The Balaban J connectivity index is 1.40. The Kier molecular flexibility index (Phi) is 6.81. The average Bonchev–Trinajstić information content (AvgIpc) is 3.37. The first-order valence-corrected chi connectivity index (χ1v) is 14.1. The zero-order valence-electron chi connectivity index (χ0n) is 20.3. The van der Waals surface area contributed by atoms with Crippen LogP contribution in [-0.4, -0.2) is 27.5 Å². The number of imide groups is 1. The molecule has 3 amide bonds. The molecule has 7 nitrogen and oxygen atoms in total. The molecule has 2 aliphatic heterocycles. The van der Waals surface area contributed by atoms with Gasteiger partial charge in [0.2, 0.25) is 17.7 Å². The Morgan fingerprint density at radius 3 is 2.15 bits per heavy atom. The van der Waals surface area contributed by atoms with Gasteiger partial charge in [-0.2, -0.15) is 0 Å². The summed E-state index contributed by atoms with van der Waals surface area (Å²) in [6.45, 7) is -0.322. The molecule has 3 unspecified atom stereocenters. The minimum absolute atomic E-state index is 0.229. The van der Waals surface area contributed by atoms with Gasteiger partial charge in [-0.15, -0.1) is 0 Å². The van der Waals surface area contributed by atoms with E-state index in [2.05, 4.69) is 5.32 Å². The lowest BCUT2D eigenvalue weighted by molar-refractivity contribution is -0.122. The highest BCUT2D eigenvalue weighted by Crippen LogP contribution is 2.53. The zero-order chi connectivity index (χ0) is 28.1. The van der Waals surface area contributed by atoms with E-state index in [4.69, 9.17) is 11.6 Å². The second-order valence-electron chi connectivity index (χ2n) is 9.26. The number of amides is 3. The van der Waals surface area contributed by atoms with Gasteiger partial charge in [0.25, 0.3) is 0 Å². The van der Waals surface area contributed by atoms with Gasteiger partial charge in [0, 0.05) is 21.5 Å². The molecule has 40 heavy (non-hydrogen) atoms. The van der Waals surface area contributed by atoms with Gasteiger partial charge in [0.05, 0.1) is 16.6 Å². The van der Waals surface area contributed by atoms with Gasteiger partial charge < -0.3 is 5.32 Å². The van der Waals surface area contributed by atoms with Gasteiger partial charge in [-0.1, -0.05) is 46.8 Å². The van der Waals surface area contributed by atoms with Crippen molar-refractivity contribution in [3.8, 4) is 0 Å². The standard InChI is InChI=1S/C28H18ClF2N3O4S2/c29-15-3-9-18(10-4-15)32-20(35)13-33-27-24(40-28(33)38)21(14-1-5-16(30)6-2-14)22-23(39-27)26(37)34(25(22)36)19-11-7-17(31)8-12-19/h1-12,21-23H,13H2,(H,32,35). The summed E-state index contributed by atoms with van der Waals surface area (Å²) in [5, 5.41) is 2.71. The molecule has 1 saturated heterocycles. The smallest absolute Gasteiger partial charge is 0.308 e. The van der Waals surface area contributed by atoms with E-state index in [1.807, 2.05) is 0 Å². The van der Waals surface area contributed by atoms with Gasteiger partial charge in [-0.25, -0.2) is 13.7 Å². The molecule has 2 aliphatic rings. The predicted molar refractivity (Wildman–Crippen MR) is 149 cm³/mol. The van der Waals surface area contributed by atoms with Crippen molar-refractivity contribution in [2.45, 2.75) is 22.7 Å². The maximum absolute atomic E-state index is 13.8. The quantitative estimate of drug-likeness (QED) is 0.317. The van der Waals surface area contributed by atoms with Crippen LogP contribution in [0.25, 0.3) is 0 Å². The largest absolute Gasteiger partial charge is 0.325 e. The van der Waals surface area contributed by atoms with Crippen LogP contribution < -0.4 is 15.1 Å². The fraction of sp³-hybridized carbons (Fsp3) is 0.143. The molecule has 0 radical (unpaired) electrons. The number of halogens is 3. The molecule has 12 heteroatoms. The molecule has 3 heterocycles. The first-order chi connectivity index (χ1) is 19.2. The SMILES string of the molecule is O=C(Cn1c2c(sc1=O)C(c1ccc(F)cc1)C1C(=O)N(c3ccc(F)cc3)C(=O)C1S2)Nc1ccc(Cl)cc1. The molecule has 4 aromatic rings. The van der Waals surface area contributed by atoms with Crippen LogP contribution in [-0.2, 0) is 20.9 Å². The molecule has 1 aromatic heterocycles. The molecule has 0 spiro atoms. The first kappa shape index (κ1) is 26.4. The summed E-state index contributed by atoms with van der Waals surface area (Å²) in [5.41, 5.74) is 1.28. The van der Waals surface area contributed by atoms with Gasteiger partial charge >= 0.3 is 4.87 Å². The van der Waals surface area contributed by atoms with E-state index in [9.17, 15) is 28.0 Å². The summed E-state index contributed by atoms with van der Waals surface area (Å²) in [6, 6.07) is 17.1. The maximum atomic E-state index is 13.8. The van der Waals surface area contributed by atoms with Crippen LogP contribution in [0.4, 0.5) is 20.2 Å². The van der Waals surface area contributed by atoms with Crippen molar-refractivity contribution in [3.05, 3.63) is 110 Å². The molecule has 3 aromatic carbocycles. The van der Waals surface area contributed by atoms with Crippen LogP contribution in [0.3, 0.4) is 0 Å². The molecule has 1 fully saturated rings. The normalized spacial score (nSPS) is 19.9. The van der Waals surface area contributed by atoms with Crippen LogP contribution in [0.1, 0.15) is 16.4 Å². The molecular formula is C28H18ClF2N3O4S2. The van der Waals surface area contributed by atoms with Crippen molar-refractivity contribution in [2.24, 2.45) is 5.92 Å². The number of rotatable bonds is 5. The molecule has 3 atom stereocenters. The number of nitrogens with zero attached hydrogens (tertiary/aromatic N) is 2. The maximum Gasteiger partial charge on any atom is 0.308 e. The number of fused-ring (bicyclic) bond motifs is 2. The summed E-state index contributed by atoms with van der Waals surface area (Å²) in [6.07, 6.45) is 0. The van der Waals surface area contributed by atoms with Crippen molar-refractivity contribution < 1.29 is 23.2 Å². The van der Waals surface area contributed by atoms with Crippen LogP contribution >= 0.6 is 34.7 Å². The van der Waals surface area contributed by atoms with E-state index in [0.29, 0.717) is 26.2 Å². The van der Waals surface area contributed by atoms with Crippen molar-refractivity contribution in [3.63, 3.8) is 0 Å². The van der Waals surface area contributed by atoms with E-state index < -0.39 is 51.3 Å². The highest BCUT2D eigenvalue weighted by atomic mass is 35.5. The lowest BCUT2D eigenvalue weighted by atomic mass is 9.83. The van der Waals surface area contributed by atoms with E-state index >= 15 is 0 Å². The Morgan fingerprint density at radius 1 is 0.875 bits per heavy atom. The molecular weight excluding hydrogens is 580 g/mol. The minimum Gasteiger partial charge on any atom is -0.325 e. The van der Waals surface area contributed by atoms with Crippen molar-refractivity contribution >= 4 is 63.8 Å². The average molecular weight is 598 g/mol. The predicted octanol–water partition coefficient (Wildman–Crippen LogP) is 5.28. The van der Waals surface area contributed by atoms with Gasteiger partial charge in [0.1, 0.15) is 23.4 Å². The van der Waals surface area contributed by atoms with E-state index in [1.165, 1.54) is 41.0 Å². The fourth-order valence-corrected chi connectivity index (χ4v) is 7.91. The van der Waals surface area contributed by atoms with E-state index in [0.717, 1.165) is 40.1 Å². The Bertz CT molecular complexity index is 1710. The zero-order valence-corrected chi connectivity index (χ0v) is 22.7. The molecule has 1 N–H and O–H groups in total. The van der Waals surface area contributed by atoms with Crippen molar-refractivity contribution in [1.82, 2.24) is 4.57 Å². The molecule has 0 saturated carbocycles. The minimum atomic E-state index is -0.917. The number of anilines is 2. The lowest BCUT2D eigenvalue weighted by Gasteiger charge is -2.30. The summed E-state index contributed by atoms with van der Waals surface area (Å²) in [4.78, 5) is 54.6. The summed E-state index contributed by atoms with van der Waals surface area (Å²) in [7, 11) is 0. The topological polar surface area (TPSA) is 88.5 Å². The second kappa shape index (κ2) is 10.3. The highest BCUT2D eigenvalue weighted by molar-refractivity contribution is 8.00. The highest BCUT2D eigenvalue weighted by Gasteiger charge is 2.56. The Morgan fingerprint density at radius 2 is 1.50 bits per heavy atom. The fourth-order valence-electron chi connectivity index (χ4n) is 5.01. The van der Waals surface area contributed by atoms with Crippen molar-refractivity contribution in [1.29, 1.82) is 0 Å². The third-order valence-electron chi connectivity index (χ3n) is 6.79. The van der Waals surface area contributed by atoms with E-state index in [-0.39, 0.29) is 12.2 Å². The lowest BCUT2D eigenvalue weighted by Crippen LogP contribution is -2.33. The van der Waals surface area contributed by atoms with E-state index in [1.54, 1.807) is 24.3 Å². The second-order valence-corrected chi connectivity index (χ2v) is 11.8. The molecule has 6 rings (SSSR count). The molecule has 0 bridgehead atoms. The number of hydrogen-bond acceptors (Lipinski definition) is 6. The third-order valence-corrected chi connectivity index (χ3v) is 9.65. The number of benzene rings is 3. The van der Waals surface area contributed by atoms with Crippen LogP contribution in [0, 0.1) is 17.6 Å². The monoisotopic (exact) mass is 597 g/mol. The number of aromatic nitrogens is 1. The first-order valence-electron chi connectivity index (χ1n) is 12.1. The Labute approximate surface area is 239 Å². The number of carbonyl (C=O) groups is 3. The molecule has 0 aliphatic carbocycles. The van der Waals surface area contributed by atoms with Crippen LogP contribution in [0.5, 0.6) is 0 Å². The number of thiazole rings is 1.